The van der Waals surface area contributed by atoms with Crippen molar-refractivity contribution in [2.24, 2.45) is 22.7 Å². The smallest absolute Gasteiger partial charge is 0.311 e. The van der Waals surface area contributed by atoms with Crippen LogP contribution in [0.1, 0.15) is 46.5 Å². The maximum Gasteiger partial charge on any atom is 0.311 e. The molecule has 1 saturated heterocycles. The van der Waals surface area contributed by atoms with Crippen molar-refractivity contribution in [3.05, 3.63) is 0 Å². The molecular formula is C15H23NO3. The predicted molar refractivity (Wildman–Crippen MR) is 70.2 cm³/mol. The summed E-state index contributed by atoms with van der Waals surface area (Å²) >= 11 is 0. The minimum atomic E-state index is -0.279. The number of amides is 1. The summed E-state index contributed by atoms with van der Waals surface area (Å²) in [5.74, 6) is 0.159. The van der Waals surface area contributed by atoms with Crippen LogP contribution in [0.5, 0.6) is 0 Å². The van der Waals surface area contributed by atoms with E-state index in [9.17, 15) is 9.59 Å². The molecule has 1 N–H and O–H groups in total. The number of hydrogen-bond donors (Lipinski definition) is 1. The third kappa shape index (κ3) is 1.72. The van der Waals surface area contributed by atoms with Gasteiger partial charge in [-0.3, -0.25) is 9.59 Å². The Kier molecular flexibility index (Phi) is 2.70. The first-order valence-electron chi connectivity index (χ1n) is 7.32. The minimum absolute atomic E-state index is 0.0319. The molecule has 4 unspecified atom stereocenters. The SMILES string of the molecule is CC1(C)C2CCC1(C)C(OC(=O)C1CNC(=O)C1)C2. The predicted octanol–water partition coefficient (Wildman–Crippen LogP) is 1.88. The molecule has 2 bridgehead atoms. The largest absolute Gasteiger partial charge is 0.461 e. The molecule has 3 aliphatic rings. The zero-order valence-corrected chi connectivity index (χ0v) is 12.0. The van der Waals surface area contributed by atoms with Crippen molar-refractivity contribution < 1.29 is 14.3 Å². The Bertz CT molecular complexity index is 431. The first-order valence-corrected chi connectivity index (χ1v) is 7.32. The number of rotatable bonds is 2. The lowest BCUT2D eigenvalue weighted by molar-refractivity contribution is -0.161. The van der Waals surface area contributed by atoms with Crippen LogP contribution < -0.4 is 5.32 Å². The monoisotopic (exact) mass is 265 g/mol. The van der Waals surface area contributed by atoms with Gasteiger partial charge in [0.05, 0.1) is 5.92 Å². The van der Waals surface area contributed by atoms with E-state index < -0.39 is 0 Å². The Balaban J connectivity index is 1.69. The summed E-state index contributed by atoms with van der Waals surface area (Å²) in [5, 5.41) is 2.70. The number of carbonyl (C=O) groups excluding carboxylic acids is 2. The molecule has 1 aliphatic heterocycles. The molecule has 3 rings (SSSR count). The summed E-state index contributed by atoms with van der Waals surface area (Å²) in [7, 11) is 0. The summed E-state index contributed by atoms with van der Waals surface area (Å²) < 4.78 is 5.78. The van der Waals surface area contributed by atoms with E-state index >= 15 is 0 Å². The molecule has 4 atom stereocenters. The molecule has 2 aliphatic carbocycles. The van der Waals surface area contributed by atoms with Gasteiger partial charge in [0.25, 0.3) is 0 Å². The van der Waals surface area contributed by atoms with Crippen molar-refractivity contribution in [2.45, 2.75) is 52.6 Å². The van der Waals surface area contributed by atoms with E-state index in [0.29, 0.717) is 12.5 Å². The van der Waals surface area contributed by atoms with E-state index in [4.69, 9.17) is 4.74 Å². The van der Waals surface area contributed by atoms with Gasteiger partial charge < -0.3 is 10.1 Å². The van der Waals surface area contributed by atoms with Crippen LogP contribution in [0.2, 0.25) is 0 Å². The van der Waals surface area contributed by atoms with Crippen LogP contribution in [0.3, 0.4) is 0 Å². The Labute approximate surface area is 114 Å². The molecule has 1 heterocycles. The third-order valence-electron chi connectivity index (χ3n) is 6.28. The van der Waals surface area contributed by atoms with E-state index in [1.54, 1.807) is 0 Å². The third-order valence-corrected chi connectivity index (χ3v) is 6.28. The first-order chi connectivity index (χ1) is 8.84. The van der Waals surface area contributed by atoms with Crippen LogP contribution in [-0.2, 0) is 14.3 Å². The van der Waals surface area contributed by atoms with Gasteiger partial charge in [0, 0.05) is 18.4 Å². The molecule has 106 valence electrons. The number of nitrogens with one attached hydrogen (secondary N) is 1. The Morgan fingerprint density at radius 1 is 1.37 bits per heavy atom. The molecule has 0 aromatic heterocycles. The second-order valence-electron chi connectivity index (χ2n) is 7.24. The Morgan fingerprint density at radius 3 is 2.58 bits per heavy atom. The molecule has 19 heavy (non-hydrogen) atoms. The normalized spacial score (nSPS) is 43.3. The van der Waals surface area contributed by atoms with Crippen molar-refractivity contribution in [3.63, 3.8) is 0 Å². The first kappa shape index (κ1) is 12.9. The fourth-order valence-corrected chi connectivity index (χ4v) is 4.32. The van der Waals surface area contributed by atoms with Gasteiger partial charge in [-0.05, 0) is 30.6 Å². The lowest BCUT2D eigenvalue weighted by Gasteiger charge is -2.38. The Morgan fingerprint density at radius 2 is 2.11 bits per heavy atom. The van der Waals surface area contributed by atoms with Gasteiger partial charge >= 0.3 is 5.97 Å². The van der Waals surface area contributed by atoms with E-state index in [1.807, 2.05) is 0 Å². The molecule has 0 radical (unpaired) electrons. The van der Waals surface area contributed by atoms with Crippen LogP contribution in [-0.4, -0.2) is 24.5 Å². The number of fused-ring (bicyclic) bond motifs is 2. The molecular weight excluding hydrogens is 242 g/mol. The molecule has 4 nitrogen and oxygen atoms in total. The second kappa shape index (κ2) is 3.97. The van der Waals surface area contributed by atoms with Crippen molar-refractivity contribution in [3.8, 4) is 0 Å². The highest BCUT2D eigenvalue weighted by Gasteiger charge is 2.63. The average Bonchev–Trinajstić information content (AvgIpc) is 2.91. The fraction of sp³-hybridized carbons (Fsp3) is 0.867. The quantitative estimate of drug-likeness (QED) is 0.776. The highest BCUT2D eigenvalue weighted by atomic mass is 16.5. The summed E-state index contributed by atoms with van der Waals surface area (Å²) in [6, 6.07) is 0. The van der Waals surface area contributed by atoms with E-state index in [2.05, 4.69) is 26.1 Å². The molecule has 2 saturated carbocycles. The fourth-order valence-electron chi connectivity index (χ4n) is 4.32. The van der Waals surface area contributed by atoms with Gasteiger partial charge in [-0.2, -0.15) is 0 Å². The summed E-state index contributed by atoms with van der Waals surface area (Å²) in [5.41, 5.74) is 0.352. The standard InChI is InChI=1S/C15H23NO3/c1-14(2)10-4-5-15(14,3)11(7-10)19-13(18)9-6-12(17)16-8-9/h9-11H,4-8H2,1-3H3,(H,16,17). The van der Waals surface area contributed by atoms with Crippen molar-refractivity contribution in [2.75, 3.05) is 6.54 Å². The van der Waals surface area contributed by atoms with Crippen LogP contribution in [0, 0.1) is 22.7 Å². The summed E-state index contributed by atoms with van der Waals surface area (Å²) in [4.78, 5) is 23.3. The van der Waals surface area contributed by atoms with E-state index in [-0.39, 0.29) is 41.1 Å². The van der Waals surface area contributed by atoms with Crippen LogP contribution in [0.15, 0.2) is 0 Å². The van der Waals surface area contributed by atoms with E-state index in [0.717, 1.165) is 12.8 Å². The number of esters is 1. The molecule has 1 amide bonds. The number of ether oxygens (including phenoxy) is 1. The number of hydrogen-bond acceptors (Lipinski definition) is 3. The topological polar surface area (TPSA) is 55.4 Å². The van der Waals surface area contributed by atoms with Gasteiger partial charge in [0.1, 0.15) is 6.10 Å². The molecule has 0 aromatic carbocycles. The van der Waals surface area contributed by atoms with Crippen LogP contribution in [0.25, 0.3) is 0 Å². The minimum Gasteiger partial charge on any atom is -0.461 e. The lowest BCUT2D eigenvalue weighted by atomic mass is 9.70. The highest BCUT2D eigenvalue weighted by molar-refractivity contribution is 5.86. The molecule has 3 fully saturated rings. The maximum absolute atomic E-state index is 12.2. The van der Waals surface area contributed by atoms with Crippen LogP contribution >= 0.6 is 0 Å². The maximum atomic E-state index is 12.2. The molecule has 4 heteroatoms. The van der Waals surface area contributed by atoms with Gasteiger partial charge in [-0.1, -0.05) is 20.8 Å². The summed E-state index contributed by atoms with van der Waals surface area (Å²) in [6.45, 7) is 7.31. The van der Waals surface area contributed by atoms with Gasteiger partial charge in [0.15, 0.2) is 0 Å². The molecule has 0 spiro atoms. The summed E-state index contributed by atoms with van der Waals surface area (Å²) in [6.07, 6.45) is 3.70. The number of carbonyl (C=O) groups is 2. The van der Waals surface area contributed by atoms with Crippen molar-refractivity contribution >= 4 is 11.9 Å². The van der Waals surface area contributed by atoms with Gasteiger partial charge in [0.2, 0.25) is 5.91 Å². The van der Waals surface area contributed by atoms with Crippen molar-refractivity contribution in [1.29, 1.82) is 0 Å². The zero-order chi connectivity index (χ0) is 13.8. The van der Waals surface area contributed by atoms with Gasteiger partial charge in [-0.15, -0.1) is 0 Å². The highest BCUT2D eigenvalue weighted by Crippen LogP contribution is 2.66. The average molecular weight is 265 g/mol. The Hall–Kier alpha value is -1.06. The lowest BCUT2D eigenvalue weighted by Crippen LogP contribution is -2.39. The van der Waals surface area contributed by atoms with Crippen molar-refractivity contribution in [1.82, 2.24) is 5.32 Å². The second-order valence-corrected chi connectivity index (χ2v) is 7.24. The van der Waals surface area contributed by atoms with E-state index in [1.165, 1.54) is 6.42 Å². The zero-order valence-electron chi connectivity index (χ0n) is 12.0. The van der Waals surface area contributed by atoms with Crippen LogP contribution in [0.4, 0.5) is 0 Å². The molecule has 0 aromatic rings. The van der Waals surface area contributed by atoms with Gasteiger partial charge in [-0.25, -0.2) is 0 Å².